The van der Waals surface area contributed by atoms with Gasteiger partial charge in [-0.2, -0.15) is 0 Å². The molecular weight excluding hydrogens is 586 g/mol. The molecular formula is C35H49N5O6. The second kappa shape index (κ2) is 12.6. The molecule has 11 nitrogen and oxygen atoms in total. The van der Waals surface area contributed by atoms with E-state index in [2.05, 4.69) is 29.8 Å². The Labute approximate surface area is 270 Å². The Hall–Kier alpha value is -3.47. The third-order valence-electron chi connectivity index (χ3n) is 11.8. The van der Waals surface area contributed by atoms with E-state index in [4.69, 9.17) is 5.73 Å². The van der Waals surface area contributed by atoms with Crippen molar-refractivity contribution in [2.24, 2.45) is 34.8 Å². The molecule has 0 bridgehead atoms. The minimum Gasteiger partial charge on any atom is -0.394 e. The van der Waals surface area contributed by atoms with Crippen molar-refractivity contribution >= 4 is 29.5 Å². The molecule has 6 N–H and O–H groups in total. The molecule has 1 saturated heterocycles. The Kier molecular flexibility index (Phi) is 8.91. The number of urea groups is 1. The van der Waals surface area contributed by atoms with Crippen LogP contribution < -0.4 is 21.7 Å². The molecule has 4 fully saturated rings. The molecule has 0 spiro atoms. The molecule has 1 unspecified atom stereocenters. The summed E-state index contributed by atoms with van der Waals surface area (Å²) in [4.78, 5) is 68.4. The van der Waals surface area contributed by atoms with Crippen LogP contribution in [0.4, 0.5) is 4.79 Å². The van der Waals surface area contributed by atoms with Crippen LogP contribution in [0.1, 0.15) is 82.8 Å². The van der Waals surface area contributed by atoms with E-state index >= 15 is 0 Å². The number of rotatable bonds is 11. The van der Waals surface area contributed by atoms with Gasteiger partial charge in [0.2, 0.25) is 17.6 Å². The molecule has 5 atom stereocenters. The topological polar surface area (TPSA) is 171 Å². The first-order valence-electron chi connectivity index (χ1n) is 17.1. The molecule has 0 aromatic heterocycles. The van der Waals surface area contributed by atoms with Crippen molar-refractivity contribution < 1.29 is 29.1 Å². The first-order chi connectivity index (χ1) is 21.9. The Morgan fingerprint density at radius 2 is 1.61 bits per heavy atom. The van der Waals surface area contributed by atoms with Gasteiger partial charge in [-0.15, -0.1) is 0 Å². The Balaban J connectivity index is 1.25. The van der Waals surface area contributed by atoms with Gasteiger partial charge in [-0.05, 0) is 72.3 Å². The fourth-order valence-electron chi connectivity index (χ4n) is 8.70. The van der Waals surface area contributed by atoms with E-state index < -0.39 is 47.3 Å². The van der Waals surface area contributed by atoms with Crippen molar-refractivity contribution in [1.82, 2.24) is 20.9 Å². The van der Waals surface area contributed by atoms with Crippen molar-refractivity contribution in [3.05, 3.63) is 35.4 Å². The number of fused-ring (bicyclic) bond motifs is 2. The Bertz CT molecular complexity index is 1360. The summed E-state index contributed by atoms with van der Waals surface area (Å²) in [5, 5.41) is 19.2. The van der Waals surface area contributed by atoms with Gasteiger partial charge in [-0.3, -0.25) is 19.2 Å². The van der Waals surface area contributed by atoms with E-state index in [9.17, 15) is 29.1 Å². The van der Waals surface area contributed by atoms with Crippen molar-refractivity contribution in [3.8, 4) is 0 Å². The lowest BCUT2D eigenvalue weighted by molar-refractivity contribution is -0.144. The quantitative estimate of drug-likeness (QED) is 0.184. The summed E-state index contributed by atoms with van der Waals surface area (Å²) in [7, 11) is 0. The summed E-state index contributed by atoms with van der Waals surface area (Å²) in [5.74, 6) is -2.66. The van der Waals surface area contributed by atoms with Crippen molar-refractivity contribution in [1.29, 1.82) is 0 Å². The number of amides is 5. The molecule has 6 rings (SSSR count). The van der Waals surface area contributed by atoms with Crippen LogP contribution in [0.25, 0.3) is 0 Å². The van der Waals surface area contributed by atoms with Gasteiger partial charge >= 0.3 is 6.03 Å². The number of carbonyl (C=O) groups excluding carboxylic acids is 5. The number of nitrogens with two attached hydrogens (primary N) is 1. The average Bonchev–Trinajstić information content (AvgIpc) is 3.83. The van der Waals surface area contributed by atoms with Crippen molar-refractivity contribution in [3.63, 3.8) is 0 Å². The van der Waals surface area contributed by atoms with Gasteiger partial charge in [-0.25, -0.2) is 4.79 Å². The zero-order chi connectivity index (χ0) is 32.8. The fraction of sp³-hybridized carbons (Fsp3) is 0.686. The number of nitrogens with one attached hydrogen (secondary N) is 3. The maximum Gasteiger partial charge on any atom is 0.315 e. The molecule has 3 saturated carbocycles. The second-order valence-electron chi connectivity index (χ2n) is 15.2. The van der Waals surface area contributed by atoms with E-state index in [0.29, 0.717) is 38.6 Å². The van der Waals surface area contributed by atoms with Gasteiger partial charge in [0.25, 0.3) is 5.91 Å². The summed E-state index contributed by atoms with van der Waals surface area (Å²) in [5.41, 5.74) is 6.70. The van der Waals surface area contributed by atoms with Gasteiger partial charge in [0.05, 0.1) is 18.2 Å². The molecule has 46 heavy (non-hydrogen) atoms. The highest BCUT2D eigenvalue weighted by atomic mass is 16.3. The molecule has 5 amide bonds. The maximum atomic E-state index is 14.6. The van der Waals surface area contributed by atoms with Crippen molar-refractivity contribution in [2.45, 2.75) is 108 Å². The van der Waals surface area contributed by atoms with Crippen LogP contribution in [0.2, 0.25) is 0 Å². The summed E-state index contributed by atoms with van der Waals surface area (Å²) >= 11 is 0. The Morgan fingerprint density at radius 1 is 0.978 bits per heavy atom. The highest BCUT2D eigenvalue weighted by Gasteiger charge is 2.70. The van der Waals surface area contributed by atoms with Crippen LogP contribution in [0.3, 0.4) is 0 Å². The summed E-state index contributed by atoms with van der Waals surface area (Å²) in [6.07, 6.45) is 8.69. The zero-order valence-electron chi connectivity index (χ0n) is 27.1. The molecule has 1 aliphatic heterocycles. The standard InChI is InChI=1S/C35H49N5O6/c1-34(2)24-18-40(28(26(24)34)31(44)37-25(15-20-11-12-20)29(42)30(36)43)32(45)27(23-16-21-9-5-6-10-22(21)17-23)38-33(46)39-35(19-41)13-7-3-4-8-14-35/h5-6,9-10,20,23-28,41H,3-4,7-8,11-19H2,1-2H3,(H2,36,43)(H,37,44)(H2,38,39,46)/t24-,25?,26-,27-,28-/m0/s1. The van der Waals surface area contributed by atoms with Crippen LogP contribution in [0, 0.1) is 29.1 Å². The first-order valence-corrected chi connectivity index (χ1v) is 17.1. The van der Waals surface area contributed by atoms with E-state index in [1.807, 2.05) is 24.3 Å². The number of Topliss-reactive ketones (excluding diaryl/α,β-unsaturated/α-hetero) is 1. The van der Waals surface area contributed by atoms with Gasteiger partial charge in [-0.1, -0.05) is 76.6 Å². The number of primary amides is 1. The van der Waals surface area contributed by atoms with Gasteiger partial charge in [0, 0.05) is 6.54 Å². The van der Waals surface area contributed by atoms with E-state index in [1.165, 1.54) is 0 Å². The lowest BCUT2D eigenvalue weighted by Gasteiger charge is -2.37. The number of hydrogen-bond donors (Lipinski definition) is 5. The predicted octanol–water partition coefficient (Wildman–Crippen LogP) is 1.98. The van der Waals surface area contributed by atoms with Crippen LogP contribution in [0.15, 0.2) is 24.3 Å². The smallest absolute Gasteiger partial charge is 0.315 e. The highest BCUT2D eigenvalue weighted by Crippen LogP contribution is 2.65. The lowest BCUT2D eigenvalue weighted by atomic mass is 9.91. The molecule has 1 aromatic rings. The van der Waals surface area contributed by atoms with Crippen LogP contribution in [0.5, 0.6) is 0 Å². The highest BCUT2D eigenvalue weighted by molar-refractivity contribution is 6.37. The normalized spacial score (nSPS) is 27.4. The van der Waals surface area contributed by atoms with E-state index in [1.54, 1.807) is 4.90 Å². The van der Waals surface area contributed by atoms with E-state index in [-0.39, 0.29) is 41.6 Å². The number of benzene rings is 1. The summed E-state index contributed by atoms with van der Waals surface area (Å²) in [6.45, 7) is 4.36. The number of aliphatic hydroxyl groups is 1. The van der Waals surface area contributed by atoms with Gasteiger partial charge in [0.1, 0.15) is 12.1 Å². The van der Waals surface area contributed by atoms with Crippen LogP contribution in [-0.2, 0) is 32.0 Å². The fourth-order valence-corrected chi connectivity index (χ4v) is 8.70. The molecule has 4 aliphatic carbocycles. The number of aliphatic hydroxyl groups excluding tert-OH is 1. The van der Waals surface area contributed by atoms with Crippen LogP contribution in [-0.4, -0.2) is 76.4 Å². The minimum atomic E-state index is -1.08. The van der Waals surface area contributed by atoms with Gasteiger partial charge < -0.3 is 31.7 Å². The molecule has 5 aliphatic rings. The molecule has 0 radical (unpaired) electrons. The number of nitrogens with zero attached hydrogens (tertiary/aromatic N) is 1. The van der Waals surface area contributed by atoms with Gasteiger partial charge in [0.15, 0.2) is 0 Å². The zero-order valence-corrected chi connectivity index (χ0v) is 27.1. The summed E-state index contributed by atoms with van der Waals surface area (Å²) in [6, 6.07) is 4.77. The number of ketones is 1. The van der Waals surface area contributed by atoms with E-state index in [0.717, 1.165) is 49.7 Å². The first kappa shape index (κ1) is 32.5. The molecule has 1 heterocycles. The lowest BCUT2D eigenvalue weighted by Crippen LogP contribution is -2.62. The average molecular weight is 636 g/mol. The second-order valence-corrected chi connectivity index (χ2v) is 15.2. The maximum absolute atomic E-state index is 14.6. The number of carbonyl (C=O) groups is 5. The number of likely N-dealkylation sites (tertiary alicyclic amines) is 1. The summed E-state index contributed by atoms with van der Waals surface area (Å²) < 4.78 is 0. The number of hydrogen-bond acceptors (Lipinski definition) is 6. The molecule has 250 valence electrons. The monoisotopic (exact) mass is 635 g/mol. The SMILES string of the molecule is CC1(C)[C@@H]2[C@@H](C(=O)NC(CC3CC3)C(=O)C(N)=O)N(C(=O)[C@@H](NC(=O)NC3(CO)CCCCCC3)C3Cc4ccccc4C3)C[C@@H]21. The van der Waals surface area contributed by atoms with Crippen molar-refractivity contribution in [2.75, 3.05) is 13.2 Å². The molecule has 1 aromatic carbocycles. The number of piperidine rings is 1. The third kappa shape index (κ3) is 6.39. The third-order valence-corrected chi connectivity index (χ3v) is 11.8. The Morgan fingerprint density at radius 3 is 2.17 bits per heavy atom. The minimum absolute atomic E-state index is 0.0971. The molecule has 11 heteroatoms. The predicted molar refractivity (Wildman–Crippen MR) is 170 cm³/mol. The largest absolute Gasteiger partial charge is 0.394 e. The van der Waals surface area contributed by atoms with Crippen LogP contribution >= 0.6 is 0 Å².